The molecule has 30 heavy (non-hydrogen) atoms. The van der Waals surface area contributed by atoms with Gasteiger partial charge in [0.2, 0.25) is 5.91 Å². The fourth-order valence-corrected chi connectivity index (χ4v) is 5.93. The molecule has 0 aliphatic carbocycles. The summed E-state index contributed by atoms with van der Waals surface area (Å²) >= 11 is 1.33. The predicted molar refractivity (Wildman–Crippen MR) is 119 cm³/mol. The highest BCUT2D eigenvalue weighted by molar-refractivity contribution is 7.92. The smallest absolute Gasteiger partial charge is 0.263 e. The summed E-state index contributed by atoms with van der Waals surface area (Å²) in [5, 5.41) is 0. The Morgan fingerprint density at radius 3 is 2.77 bits per heavy atom. The van der Waals surface area contributed by atoms with E-state index in [2.05, 4.69) is 11.6 Å². The number of carbonyl (C=O) groups is 2. The summed E-state index contributed by atoms with van der Waals surface area (Å²) in [6, 6.07) is 5.95. The number of rotatable bonds is 6. The molecule has 0 radical (unpaired) electrons. The quantitative estimate of drug-likeness (QED) is 0.634. The van der Waals surface area contributed by atoms with Crippen LogP contribution in [0.2, 0.25) is 0 Å². The van der Waals surface area contributed by atoms with Gasteiger partial charge in [0, 0.05) is 19.1 Å². The van der Waals surface area contributed by atoms with Crippen LogP contribution in [0.15, 0.2) is 35.8 Å². The third-order valence-electron chi connectivity index (χ3n) is 5.18. The number of nitrogens with zero attached hydrogens (tertiary/aromatic N) is 3. The van der Waals surface area contributed by atoms with Crippen LogP contribution >= 0.6 is 11.3 Å². The van der Waals surface area contributed by atoms with Crippen molar-refractivity contribution in [2.75, 3.05) is 18.1 Å². The molecule has 1 atom stereocenters. The summed E-state index contributed by atoms with van der Waals surface area (Å²) in [4.78, 5) is 31.0. The molecule has 162 valence electrons. The van der Waals surface area contributed by atoms with Crippen LogP contribution in [0.4, 0.5) is 0 Å². The minimum atomic E-state index is -3.89. The summed E-state index contributed by atoms with van der Waals surface area (Å²) in [7, 11) is -3.89. The lowest BCUT2D eigenvalue weighted by Gasteiger charge is -2.33. The zero-order valence-electron chi connectivity index (χ0n) is 17.3. The van der Waals surface area contributed by atoms with Crippen LogP contribution in [-0.2, 0) is 26.0 Å². The summed E-state index contributed by atoms with van der Waals surface area (Å²) in [6.07, 6.45) is 4.48. The van der Waals surface area contributed by atoms with E-state index >= 15 is 0 Å². The Labute approximate surface area is 180 Å². The Hall–Kier alpha value is -2.26. The van der Waals surface area contributed by atoms with E-state index in [4.69, 9.17) is 0 Å². The molecule has 3 rings (SSSR count). The molecule has 0 spiro atoms. The number of benzene rings is 1. The summed E-state index contributed by atoms with van der Waals surface area (Å²) in [5.74, 6) is -2.64. The molecule has 2 amide bonds. The Kier molecular flexibility index (Phi) is 6.92. The van der Waals surface area contributed by atoms with Gasteiger partial charge in [-0.25, -0.2) is 8.42 Å². The molecule has 1 aromatic carbocycles. The van der Waals surface area contributed by atoms with E-state index in [-0.39, 0.29) is 6.04 Å². The first kappa shape index (κ1) is 22.4. The van der Waals surface area contributed by atoms with Crippen molar-refractivity contribution in [3.05, 3.63) is 41.2 Å². The number of piperidine rings is 1. The number of hydrogen-bond donors (Lipinski definition) is 0. The van der Waals surface area contributed by atoms with Crippen molar-refractivity contribution in [1.82, 2.24) is 9.47 Å². The van der Waals surface area contributed by atoms with E-state index in [9.17, 15) is 18.0 Å². The topological polar surface area (TPSA) is 88.8 Å². The van der Waals surface area contributed by atoms with Gasteiger partial charge in [-0.3, -0.25) is 9.59 Å². The largest absolute Gasteiger partial charge is 0.339 e. The third-order valence-corrected chi connectivity index (χ3v) is 7.60. The summed E-state index contributed by atoms with van der Waals surface area (Å²) in [5.41, 5.74) is 1.99. The minimum absolute atomic E-state index is 0.0294. The van der Waals surface area contributed by atoms with E-state index in [0.29, 0.717) is 17.9 Å². The average molecular weight is 450 g/mol. The minimum Gasteiger partial charge on any atom is -0.339 e. The van der Waals surface area contributed by atoms with E-state index in [1.807, 2.05) is 36.6 Å². The zero-order chi connectivity index (χ0) is 21.9. The molecule has 2 heterocycles. The normalized spacial score (nSPS) is 18.0. The maximum Gasteiger partial charge on any atom is 0.263 e. The third kappa shape index (κ3) is 5.26. The molecule has 9 heteroatoms. The number of likely N-dealkylation sites (tertiary alicyclic amines) is 1. The van der Waals surface area contributed by atoms with Gasteiger partial charge in [-0.15, -0.1) is 6.58 Å². The van der Waals surface area contributed by atoms with Crippen LogP contribution < -0.4 is 4.80 Å². The van der Waals surface area contributed by atoms with Crippen LogP contribution in [0.5, 0.6) is 0 Å². The van der Waals surface area contributed by atoms with Crippen molar-refractivity contribution >= 4 is 43.2 Å². The molecule has 1 aromatic heterocycles. The number of fused-ring (bicyclic) bond motifs is 1. The van der Waals surface area contributed by atoms with Gasteiger partial charge in [0.05, 0.1) is 10.2 Å². The number of allylic oxidation sites excluding steroid dienone is 1. The maximum absolute atomic E-state index is 12.5. The van der Waals surface area contributed by atoms with Crippen molar-refractivity contribution in [3.63, 3.8) is 0 Å². The van der Waals surface area contributed by atoms with Crippen LogP contribution in [0.3, 0.4) is 0 Å². The van der Waals surface area contributed by atoms with Gasteiger partial charge in [0.15, 0.2) is 14.6 Å². The zero-order valence-corrected chi connectivity index (χ0v) is 19.0. The highest BCUT2D eigenvalue weighted by Crippen LogP contribution is 2.19. The number of carbonyl (C=O) groups excluding carboxylic acids is 2. The van der Waals surface area contributed by atoms with E-state index in [1.165, 1.54) is 11.3 Å². The van der Waals surface area contributed by atoms with Crippen molar-refractivity contribution in [2.45, 2.75) is 45.7 Å². The van der Waals surface area contributed by atoms with E-state index in [1.54, 1.807) is 11.0 Å². The van der Waals surface area contributed by atoms with E-state index in [0.717, 1.165) is 35.0 Å². The summed E-state index contributed by atoms with van der Waals surface area (Å²) < 4.78 is 27.7. The molecule has 1 saturated heterocycles. The van der Waals surface area contributed by atoms with Crippen molar-refractivity contribution < 1.29 is 18.0 Å². The van der Waals surface area contributed by atoms with Crippen molar-refractivity contribution in [2.24, 2.45) is 4.99 Å². The molecule has 0 saturated carbocycles. The highest BCUT2D eigenvalue weighted by Gasteiger charge is 2.28. The summed E-state index contributed by atoms with van der Waals surface area (Å²) in [6.45, 7) is 8.66. The average Bonchev–Trinajstić information content (AvgIpc) is 2.97. The van der Waals surface area contributed by atoms with Crippen LogP contribution in [0.1, 0.15) is 31.7 Å². The Bertz CT molecular complexity index is 1140. The lowest BCUT2D eigenvalue weighted by Crippen LogP contribution is -2.45. The lowest BCUT2D eigenvalue weighted by molar-refractivity contribution is -0.131. The molecule has 0 bridgehead atoms. The fraction of sp³-hybridized carbons (Fsp3) is 0.476. The number of amides is 2. The SMILES string of the molecule is C=CCn1c(=NC(=O)CS(=O)(=O)CC(=O)N2CCCCC2C)sc2cc(C)ccc21. The first-order valence-electron chi connectivity index (χ1n) is 9.98. The van der Waals surface area contributed by atoms with Crippen LogP contribution in [0, 0.1) is 6.92 Å². The number of hydrogen-bond acceptors (Lipinski definition) is 5. The van der Waals surface area contributed by atoms with Crippen molar-refractivity contribution in [3.8, 4) is 0 Å². The van der Waals surface area contributed by atoms with E-state index < -0.39 is 33.2 Å². The van der Waals surface area contributed by atoms with Gasteiger partial charge in [-0.05, 0) is 50.8 Å². The molecule has 0 N–H and O–H groups in total. The Morgan fingerprint density at radius 2 is 2.07 bits per heavy atom. The highest BCUT2D eigenvalue weighted by atomic mass is 32.2. The Balaban J connectivity index is 1.80. The van der Waals surface area contributed by atoms with Gasteiger partial charge < -0.3 is 9.47 Å². The second kappa shape index (κ2) is 9.26. The monoisotopic (exact) mass is 449 g/mol. The second-order valence-electron chi connectivity index (χ2n) is 7.72. The standard InChI is InChI=1S/C21H27N3O4S2/c1-4-10-24-17-9-8-15(2)12-18(17)29-21(24)22-19(25)13-30(27,28)14-20(26)23-11-6-5-7-16(23)3/h4,8-9,12,16H,1,5-7,10-11,13-14H2,2-3H3. The van der Waals surface area contributed by atoms with Gasteiger partial charge in [-0.2, -0.15) is 4.99 Å². The first-order valence-corrected chi connectivity index (χ1v) is 12.6. The molecular weight excluding hydrogens is 422 g/mol. The second-order valence-corrected chi connectivity index (χ2v) is 10.8. The van der Waals surface area contributed by atoms with Gasteiger partial charge in [0.1, 0.15) is 11.5 Å². The Morgan fingerprint density at radius 1 is 1.30 bits per heavy atom. The molecule has 2 aromatic rings. The van der Waals surface area contributed by atoms with Crippen LogP contribution in [0.25, 0.3) is 10.2 Å². The number of sulfone groups is 1. The van der Waals surface area contributed by atoms with Gasteiger partial charge >= 0.3 is 0 Å². The molecule has 7 nitrogen and oxygen atoms in total. The molecule has 1 fully saturated rings. The molecule has 1 aliphatic heterocycles. The maximum atomic E-state index is 12.5. The van der Waals surface area contributed by atoms with Gasteiger partial charge in [0.25, 0.3) is 5.91 Å². The van der Waals surface area contributed by atoms with Crippen LogP contribution in [-0.4, -0.2) is 53.8 Å². The van der Waals surface area contributed by atoms with Crippen molar-refractivity contribution in [1.29, 1.82) is 0 Å². The molecule has 1 unspecified atom stereocenters. The van der Waals surface area contributed by atoms with Gasteiger partial charge in [-0.1, -0.05) is 23.5 Å². The number of aryl methyl sites for hydroxylation is 1. The molecular formula is C21H27N3O4S2. The predicted octanol–water partition coefficient (Wildman–Crippen LogP) is 2.44. The fourth-order valence-electron chi connectivity index (χ4n) is 3.69. The number of thiazole rings is 1. The number of aromatic nitrogens is 1. The molecule has 1 aliphatic rings. The first-order chi connectivity index (χ1) is 14.2. The lowest BCUT2D eigenvalue weighted by atomic mass is 10.0.